The molecular formula is C30H30O10. The van der Waals surface area contributed by atoms with Crippen LogP contribution in [0.4, 0.5) is 0 Å². The van der Waals surface area contributed by atoms with Gasteiger partial charge in [-0.2, -0.15) is 0 Å². The lowest BCUT2D eigenvalue weighted by molar-refractivity contribution is 0.449. The fourth-order valence-electron chi connectivity index (χ4n) is 2.47. The van der Waals surface area contributed by atoms with E-state index >= 15 is 0 Å². The molecule has 0 aliphatic heterocycles. The van der Waals surface area contributed by atoms with E-state index in [1.54, 1.807) is 30.3 Å². The largest absolute Gasteiger partial charge is 0.508 e. The van der Waals surface area contributed by atoms with Gasteiger partial charge in [-0.25, -0.2) is 0 Å². The van der Waals surface area contributed by atoms with Crippen LogP contribution in [0.2, 0.25) is 0 Å². The minimum atomic E-state index is 0.0880. The van der Waals surface area contributed by atoms with Crippen LogP contribution in [0.15, 0.2) is 121 Å². The van der Waals surface area contributed by atoms with E-state index in [-0.39, 0.29) is 57.5 Å². The maximum atomic E-state index is 8.65. The third-order valence-corrected chi connectivity index (χ3v) is 4.15. The molecule has 0 aliphatic rings. The van der Waals surface area contributed by atoms with Crippen LogP contribution >= 0.6 is 0 Å². The lowest BCUT2D eigenvalue weighted by Crippen LogP contribution is -1.61. The number of phenols is 10. The SMILES string of the molecule is Oc1cccc(O)c1.Oc1cccc(O)c1.Oc1cccc(O)c1.Oc1cccc(O)c1.Oc1cccc(O)c1. The summed E-state index contributed by atoms with van der Waals surface area (Å²) in [5, 5.41) is 86.5. The molecule has 0 bridgehead atoms. The fraction of sp³-hybridized carbons (Fsp3) is 0. The van der Waals surface area contributed by atoms with Crippen LogP contribution in [0.3, 0.4) is 0 Å². The van der Waals surface area contributed by atoms with Crippen molar-refractivity contribution < 1.29 is 51.1 Å². The molecule has 0 atom stereocenters. The molecule has 0 saturated carbocycles. The van der Waals surface area contributed by atoms with Crippen LogP contribution in [-0.4, -0.2) is 51.1 Å². The van der Waals surface area contributed by atoms with E-state index < -0.39 is 0 Å². The average Bonchev–Trinajstić information content (AvgIpc) is 2.85. The van der Waals surface area contributed by atoms with Gasteiger partial charge in [-0.3, -0.25) is 0 Å². The maximum absolute atomic E-state index is 8.65. The second-order valence-corrected chi connectivity index (χ2v) is 7.60. The Bertz CT molecular complexity index is 1080. The first-order valence-electron chi connectivity index (χ1n) is 11.3. The molecule has 0 radical (unpaired) electrons. The molecule has 210 valence electrons. The summed E-state index contributed by atoms with van der Waals surface area (Å²) in [6.07, 6.45) is 0. The zero-order chi connectivity index (χ0) is 29.9. The van der Waals surface area contributed by atoms with Crippen LogP contribution in [0.1, 0.15) is 0 Å². The van der Waals surface area contributed by atoms with Crippen LogP contribution in [0, 0.1) is 0 Å². The topological polar surface area (TPSA) is 202 Å². The van der Waals surface area contributed by atoms with Crippen LogP contribution < -0.4 is 0 Å². The lowest BCUT2D eigenvalue weighted by atomic mass is 10.3. The summed E-state index contributed by atoms with van der Waals surface area (Å²) >= 11 is 0. The Hall–Kier alpha value is -5.90. The zero-order valence-electron chi connectivity index (χ0n) is 21.0. The van der Waals surface area contributed by atoms with Crippen molar-refractivity contribution in [2.24, 2.45) is 0 Å². The van der Waals surface area contributed by atoms with Gasteiger partial charge in [-0.05, 0) is 60.7 Å². The number of rotatable bonds is 0. The molecule has 0 aliphatic carbocycles. The Morgan fingerprint density at radius 2 is 0.300 bits per heavy atom. The summed E-state index contributed by atoms with van der Waals surface area (Å²) in [7, 11) is 0. The minimum Gasteiger partial charge on any atom is -0.508 e. The summed E-state index contributed by atoms with van der Waals surface area (Å²) < 4.78 is 0. The van der Waals surface area contributed by atoms with Gasteiger partial charge in [0.05, 0.1) is 0 Å². The van der Waals surface area contributed by atoms with Gasteiger partial charge in [0.15, 0.2) is 0 Å². The van der Waals surface area contributed by atoms with Crippen molar-refractivity contribution in [1.29, 1.82) is 0 Å². The molecule has 10 N–H and O–H groups in total. The summed E-state index contributed by atoms with van der Waals surface area (Å²) in [5.41, 5.74) is 0. The predicted molar refractivity (Wildman–Crippen MR) is 149 cm³/mol. The molecule has 10 nitrogen and oxygen atoms in total. The third-order valence-electron chi connectivity index (χ3n) is 4.15. The van der Waals surface area contributed by atoms with E-state index in [4.69, 9.17) is 51.1 Å². The van der Waals surface area contributed by atoms with E-state index in [2.05, 4.69) is 0 Å². The van der Waals surface area contributed by atoms with Gasteiger partial charge in [-0.15, -0.1) is 0 Å². The molecular weight excluding hydrogens is 520 g/mol. The van der Waals surface area contributed by atoms with Crippen molar-refractivity contribution in [3.63, 3.8) is 0 Å². The Kier molecular flexibility index (Phi) is 14.1. The smallest absolute Gasteiger partial charge is 0.119 e. The van der Waals surface area contributed by atoms with Crippen molar-refractivity contribution in [3.8, 4) is 57.5 Å². The van der Waals surface area contributed by atoms with E-state index in [1.807, 2.05) is 0 Å². The average molecular weight is 551 g/mol. The van der Waals surface area contributed by atoms with Crippen LogP contribution in [0.25, 0.3) is 0 Å². The molecule has 0 saturated heterocycles. The highest BCUT2D eigenvalue weighted by molar-refractivity contribution is 5.32. The molecule has 0 spiro atoms. The Labute approximate surface area is 230 Å². The van der Waals surface area contributed by atoms with E-state index in [9.17, 15) is 0 Å². The molecule has 40 heavy (non-hydrogen) atoms. The van der Waals surface area contributed by atoms with Crippen molar-refractivity contribution in [3.05, 3.63) is 121 Å². The second kappa shape index (κ2) is 17.5. The first kappa shape index (κ1) is 32.1. The van der Waals surface area contributed by atoms with Gasteiger partial charge in [-0.1, -0.05) is 30.3 Å². The minimum absolute atomic E-state index is 0.0880. The molecule has 5 rings (SSSR count). The lowest BCUT2D eigenvalue weighted by Gasteiger charge is -1.89. The van der Waals surface area contributed by atoms with Crippen molar-refractivity contribution in [2.45, 2.75) is 0 Å². The standard InChI is InChI=1S/5C6H6O2/c5*7-5-2-1-3-6(8)4-5/h5*1-4,7-8H. The molecule has 0 fully saturated rings. The number of phenolic OH excluding ortho intramolecular Hbond substituents is 10. The van der Waals surface area contributed by atoms with Crippen LogP contribution in [-0.2, 0) is 0 Å². The highest BCUT2D eigenvalue weighted by atomic mass is 16.3. The van der Waals surface area contributed by atoms with Crippen molar-refractivity contribution in [2.75, 3.05) is 0 Å². The normalized spacial score (nSPS) is 9.00. The van der Waals surface area contributed by atoms with Gasteiger partial charge in [0.1, 0.15) is 57.5 Å². The highest BCUT2D eigenvalue weighted by Gasteiger charge is 1.88. The summed E-state index contributed by atoms with van der Waals surface area (Å²) in [6, 6.07) is 29.3. The number of hydrogen-bond donors (Lipinski definition) is 10. The monoisotopic (exact) mass is 550 g/mol. The Morgan fingerprint density at radius 1 is 0.200 bits per heavy atom. The molecule has 0 heterocycles. The molecule has 5 aromatic rings. The Morgan fingerprint density at radius 3 is 0.350 bits per heavy atom. The van der Waals surface area contributed by atoms with E-state index in [1.165, 1.54) is 91.0 Å². The van der Waals surface area contributed by atoms with E-state index in [0.717, 1.165) is 0 Å². The summed E-state index contributed by atoms with van der Waals surface area (Å²) in [5.74, 6) is 0.880. The first-order valence-corrected chi connectivity index (χ1v) is 11.3. The molecule has 0 unspecified atom stereocenters. The third kappa shape index (κ3) is 16.0. The van der Waals surface area contributed by atoms with Gasteiger partial charge < -0.3 is 51.1 Å². The van der Waals surface area contributed by atoms with Gasteiger partial charge >= 0.3 is 0 Å². The van der Waals surface area contributed by atoms with Crippen LogP contribution in [0.5, 0.6) is 57.5 Å². The fourth-order valence-corrected chi connectivity index (χ4v) is 2.47. The summed E-state index contributed by atoms with van der Waals surface area (Å²) in [4.78, 5) is 0. The molecule has 5 aromatic carbocycles. The van der Waals surface area contributed by atoms with Gasteiger partial charge in [0.25, 0.3) is 0 Å². The number of benzene rings is 5. The number of hydrogen-bond acceptors (Lipinski definition) is 10. The Balaban J connectivity index is 0.000000250. The van der Waals surface area contributed by atoms with E-state index in [0.29, 0.717) is 0 Å². The van der Waals surface area contributed by atoms with Crippen molar-refractivity contribution in [1.82, 2.24) is 0 Å². The zero-order valence-corrected chi connectivity index (χ0v) is 21.0. The van der Waals surface area contributed by atoms with Gasteiger partial charge in [0.2, 0.25) is 0 Å². The highest BCUT2D eigenvalue weighted by Crippen LogP contribution is 2.17. The van der Waals surface area contributed by atoms with Gasteiger partial charge in [0, 0.05) is 30.3 Å². The summed E-state index contributed by atoms with van der Waals surface area (Å²) in [6.45, 7) is 0. The predicted octanol–water partition coefficient (Wildman–Crippen LogP) is 5.49. The number of aromatic hydroxyl groups is 10. The quantitative estimate of drug-likeness (QED) is 0.117. The molecule has 10 heteroatoms. The second-order valence-electron chi connectivity index (χ2n) is 7.60. The molecule has 0 aromatic heterocycles. The molecule has 0 amide bonds. The maximum Gasteiger partial charge on any atom is 0.119 e. The van der Waals surface area contributed by atoms with Crippen molar-refractivity contribution >= 4 is 0 Å². The first-order chi connectivity index (χ1) is 18.9.